The number of hydrogen-bond acceptors (Lipinski definition) is 6. The van der Waals surface area contributed by atoms with Crippen LogP contribution in [0.15, 0.2) is 29.3 Å². The van der Waals surface area contributed by atoms with Gasteiger partial charge in [-0.05, 0) is 24.6 Å². The molecule has 2 aromatic rings. The minimum absolute atomic E-state index is 0.0655. The summed E-state index contributed by atoms with van der Waals surface area (Å²) in [5.74, 6) is -0.623. The van der Waals surface area contributed by atoms with Gasteiger partial charge in [0.05, 0.1) is 24.6 Å². The van der Waals surface area contributed by atoms with Crippen molar-refractivity contribution in [2.45, 2.75) is 11.8 Å². The number of methoxy groups -OCH3 is 1. The second-order valence-corrected chi connectivity index (χ2v) is 5.93. The van der Waals surface area contributed by atoms with Crippen molar-refractivity contribution < 1.29 is 17.9 Å². The molecular weight excluding hydrogens is 296 g/mol. The normalized spacial score (nSPS) is 11.1. The van der Waals surface area contributed by atoms with Crippen molar-refractivity contribution in [1.82, 2.24) is 10.2 Å². The van der Waals surface area contributed by atoms with Crippen LogP contribution in [0.3, 0.4) is 0 Å². The van der Waals surface area contributed by atoms with Crippen LogP contribution in [-0.2, 0) is 14.8 Å². The van der Waals surface area contributed by atoms with Crippen molar-refractivity contribution in [1.29, 1.82) is 0 Å². The summed E-state index contributed by atoms with van der Waals surface area (Å²) in [7, 11) is -2.64. The van der Waals surface area contributed by atoms with E-state index in [1.165, 1.54) is 13.2 Å². The molecule has 4 N–H and O–H groups in total. The van der Waals surface area contributed by atoms with Crippen LogP contribution in [-0.4, -0.2) is 31.7 Å². The van der Waals surface area contributed by atoms with Gasteiger partial charge in [-0.2, -0.15) is 5.10 Å². The summed E-state index contributed by atoms with van der Waals surface area (Å²) in [6.45, 7) is 1.71. The van der Waals surface area contributed by atoms with Gasteiger partial charge in [-0.1, -0.05) is 6.07 Å². The average molecular weight is 310 g/mol. The van der Waals surface area contributed by atoms with Crippen molar-refractivity contribution in [3.8, 4) is 0 Å². The number of nitrogens with one attached hydrogen (secondary N) is 2. The van der Waals surface area contributed by atoms with E-state index in [-0.39, 0.29) is 22.0 Å². The molecule has 1 heterocycles. The van der Waals surface area contributed by atoms with Crippen LogP contribution in [0.2, 0.25) is 0 Å². The number of sulfonamides is 1. The van der Waals surface area contributed by atoms with Crippen molar-refractivity contribution in [3.05, 3.63) is 35.5 Å². The lowest BCUT2D eigenvalue weighted by molar-refractivity contribution is 0.0601. The Hall–Kier alpha value is -2.55. The molecule has 0 unspecified atom stereocenters. The third kappa shape index (κ3) is 2.97. The number of esters is 1. The summed E-state index contributed by atoms with van der Waals surface area (Å²) in [5, 5.41) is 5.92. The minimum Gasteiger partial charge on any atom is -0.465 e. The first-order valence-corrected chi connectivity index (χ1v) is 7.34. The zero-order valence-corrected chi connectivity index (χ0v) is 12.2. The summed E-state index contributed by atoms with van der Waals surface area (Å²) in [6.07, 6.45) is 1.11. The third-order valence-corrected chi connectivity index (χ3v) is 4.22. The number of nitrogen functional groups attached to an aromatic ring is 1. The summed E-state index contributed by atoms with van der Waals surface area (Å²) < 4.78 is 31.4. The molecule has 1 aromatic heterocycles. The van der Waals surface area contributed by atoms with E-state index in [0.29, 0.717) is 5.56 Å². The number of nitrogens with two attached hydrogens (primary N) is 1. The Balaban J connectivity index is 2.40. The van der Waals surface area contributed by atoms with E-state index in [2.05, 4.69) is 19.7 Å². The highest BCUT2D eigenvalue weighted by atomic mass is 32.2. The molecule has 0 fully saturated rings. The molecule has 0 aliphatic rings. The number of ether oxygens (including phenoxy) is 1. The molecule has 0 spiro atoms. The van der Waals surface area contributed by atoms with Crippen LogP contribution in [0.4, 0.5) is 11.5 Å². The van der Waals surface area contributed by atoms with E-state index < -0.39 is 16.0 Å². The Kier molecular flexibility index (Phi) is 3.85. The number of rotatable bonds is 4. The molecule has 0 saturated carbocycles. The number of aromatic nitrogens is 2. The fourth-order valence-electron chi connectivity index (χ4n) is 1.68. The Morgan fingerprint density at radius 2 is 2.14 bits per heavy atom. The van der Waals surface area contributed by atoms with Crippen molar-refractivity contribution in [2.24, 2.45) is 0 Å². The summed E-state index contributed by atoms with van der Waals surface area (Å²) in [4.78, 5) is 11.3. The van der Waals surface area contributed by atoms with Crippen LogP contribution >= 0.6 is 0 Å². The Bertz CT molecular complexity index is 782. The van der Waals surface area contributed by atoms with Crippen LogP contribution in [0.5, 0.6) is 0 Å². The summed E-state index contributed by atoms with van der Waals surface area (Å²) >= 11 is 0. The van der Waals surface area contributed by atoms with Gasteiger partial charge in [0.2, 0.25) is 0 Å². The van der Waals surface area contributed by atoms with E-state index in [4.69, 9.17) is 5.73 Å². The monoisotopic (exact) mass is 310 g/mol. The predicted molar refractivity (Wildman–Crippen MR) is 76.3 cm³/mol. The molecule has 8 nitrogen and oxygen atoms in total. The van der Waals surface area contributed by atoms with Gasteiger partial charge < -0.3 is 10.5 Å². The third-order valence-electron chi connectivity index (χ3n) is 2.82. The van der Waals surface area contributed by atoms with E-state index in [0.717, 1.165) is 6.20 Å². The Morgan fingerprint density at radius 1 is 1.43 bits per heavy atom. The lowest BCUT2D eigenvalue weighted by Gasteiger charge is -2.11. The maximum Gasteiger partial charge on any atom is 0.337 e. The fourth-order valence-corrected chi connectivity index (χ4v) is 2.82. The van der Waals surface area contributed by atoms with Gasteiger partial charge in [0, 0.05) is 0 Å². The molecule has 9 heteroatoms. The number of anilines is 2. The molecule has 0 saturated heterocycles. The maximum absolute atomic E-state index is 12.2. The van der Waals surface area contributed by atoms with Crippen LogP contribution in [0.25, 0.3) is 0 Å². The predicted octanol–water partition coefficient (Wildman–Crippen LogP) is 0.888. The molecule has 0 aliphatic carbocycles. The molecular formula is C12H14N4O4S. The smallest absolute Gasteiger partial charge is 0.337 e. The lowest BCUT2D eigenvalue weighted by atomic mass is 10.1. The standard InChI is InChI=1S/C12H14N4O4S/c1-7-3-4-8(12(17)20-2)5-9(7)16-21(18,19)10-6-14-15-11(10)13/h3-6,16H,1-2H3,(H3,13,14,15). The molecule has 0 amide bonds. The fraction of sp³-hybridized carbons (Fsp3) is 0.167. The van der Waals surface area contributed by atoms with Gasteiger partial charge in [-0.15, -0.1) is 0 Å². The Morgan fingerprint density at radius 3 is 2.71 bits per heavy atom. The molecule has 1 aromatic carbocycles. The van der Waals surface area contributed by atoms with Gasteiger partial charge in [-0.3, -0.25) is 9.82 Å². The number of aryl methyl sites for hydroxylation is 1. The van der Waals surface area contributed by atoms with Crippen LogP contribution in [0.1, 0.15) is 15.9 Å². The molecule has 0 atom stereocenters. The van der Waals surface area contributed by atoms with E-state index in [1.54, 1.807) is 19.1 Å². The van der Waals surface area contributed by atoms with E-state index >= 15 is 0 Å². The molecule has 0 aliphatic heterocycles. The molecule has 0 bridgehead atoms. The largest absolute Gasteiger partial charge is 0.465 e. The average Bonchev–Trinajstić information content (AvgIpc) is 2.87. The number of benzene rings is 1. The highest BCUT2D eigenvalue weighted by Crippen LogP contribution is 2.23. The SMILES string of the molecule is COC(=O)c1ccc(C)c(NS(=O)(=O)c2cn[nH]c2N)c1. The van der Waals surface area contributed by atoms with Crippen molar-refractivity contribution in [2.75, 3.05) is 17.6 Å². The summed E-state index contributed by atoms with van der Waals surface area (Å²) in [6, 6.07) is 4.56. The van der Waals surface area contributed by atoms with Gasteiger partial charge in [-0.25, -0.2) is 13.2 Å². The first-order valence-electron chi connectivity index (χ1n) is 5.86. The highest BCUT2D eigenvalue weighted by molar-refractivity contribution is 7.92. The van der Waals surface area contributed by atoms with Gasteiger partial charge in [0.25, 0.3) is 10.0 Å². The lowest BCUT2D eigenvalue weighted by Crippen LogP contribution is -2.15. The van der Waals surface area contributed by atoms with Crippen molar-refractivity contribution >= 4 is 27.5 Å². The number of hydrogen-bond donors (Lipinski definition) is 3. The van der Waals surface area contributed by atoms with Crippen LogP contribution in [0, 0.1) is 6.92 Å². The number of carbonyl (C=O) groups excluding carboxylic acids is 1. The summed E-state index contributed by atoms with van der Waals surface area (Å²) in [5.41, 5.74) is 6.65. The maximum atomic E-state index is 12.2. The molecule has 2 rings (SSSR count). The second kappa shape index (κ2) is 5.44. The molecule has 0 radical (unpaired) electrons. The first-order chi connectivity index (χ1) is 9.85. The number of nitrogens with zero attached hydrogens (tertiary/aromatic N) is 1. The topological polar surface area (TPSA) is 127 Å². The highest BCUT2D eigenvalue weighted by Gasteiger charge is 2.21. The van der Waals surface area contributed by atoms with E-state index in [1.807, 2.05) is 0 Å². The van der Waals surface area contributed by atoms with Crippen molar-refractivity contribution in [3.63, 3.8) is 0 Å². The van der Waals surface area contributed by atoms with Gasteiger partial charge >= 0.3 is 5.97 Å². The molecule has 112 valence electrons. The van der Waals surface area contributed by atoms with Gasteiger partial charge in [0.15, 0.2) is 0 Å². The Labute approximate surface area is 121 Å². The van der Waals surface area contributed by atoms with Gasteiger partial charge in [0.1, 0.15) is 10.7 Å². The van der Waals surface area contributed by atoms with Crippen LogP contribution < -0.4 is 10.5 Å². The zero-order valence-electron chi connectivity index (χ0n) is 11.4. The zero-order chi connectivity index (χ0) is 15.6. The number of carbonyl (C=O) groups is 1. The minimum atomic E-state index is -3.89. The number of H-pyrrole nitrogens is 1. The first kappa shape index (κ1) is 14.9. The quantitative estimate of drug-likeness (QED) is 0.720. The number of aromatic amines is 1. The second-order valence-electron chi connectivity index (χ2n) is 4.27. The van der Waals surface area contributed by atoms with E-state index in [9.17, 15) is 13.2 Å². The molecule has 21 heavy (non-hydrogen) atoms.